The fraction of sp³-hybridized carbons (Fsp3) is 0.438. The van der Waals surface area contributed by atoms with Gasteiger partial charge in [0.25, 0.3) is 5.91 Å². The molecule has 1 saturated heterocycles. The number of carbonyl (C=O) groups excluding carboxylic acids is 1. The van der Waals surface area contributed by atoms with E-state index in [0.717, 1.165) is 13.1 Å². The third kappa shape index (κ3) is 2.74. The molecule has 6 nitrogen and oxygen atoms in total. The van der Waals surface area contributed by atoms with Gasteiger partial charge in [-0.15, -0.1) is 0 Å². The molecule has 0 aliphatic carbocycles. The highest BCUT2D eigenvalue weighted by molar-refractivity contribution is 5.95. The molecule has 2 aromatic rings. The van der Waals surface area contributed by atoms with E-state index in [9.17, 15) is 4.79 Å². The van der Waals surface area contributed by atoms with Crippen LogP contribution >= 0.6 is 0 Å². The van der Waals surface area contributed by atoms with Gasteiger partial charge in [-0.05, 0) is 33.0 Å². The van der Waals surface area contributed by atoms with Crippen molar-refractivity contribution in [2.75, 3.05) is 20.1 Å². The third-order valence-corrected chi connectivity index (χ3v) is 4.31. The number of amides is 1. The van der Waals surface area contributed by atoms with Crippen LogP contribution in [0.1, 0.15) is 24.2 Å². The standard InChI is InChI=1S/C16H21N5O/c1-11-10-21(12(2)9-20(11)3)16(22)13-4-5-17-14(8-13)15-18-6-7-19-15/h4-8,11-12H,9-10H2,1-3H3,(H,18,19). The van der Waals surface area contributed by atoms with Gasteiger partial charge >= 0.3 is 0 Å². The van der Waals surface area contributed by atoms with Crippen LogP contribution in [0.5, 0.6) is 0 Å². The summed E-state index contributed by atoms with van der Waals surface area (Å²) in [6.45, 7) is 5.87. The summed E-state index contributed by atoms with van der Waals surface area (Å²) >= 11 is 0. The summed E-state index contributed by atoms with van der Waals surface area (Å²) < 4.78 is 0. The van der Waals surface area contributed by atoms with Gasteiger partial charge in [-0.25, -0.2) is 4.98 Å². The number of aromatic nitrogens is 3. The molecule has 0 aromatic carbocycles. The first-order valence-corrected chi connectivity index (χ1v) is 7.53. The summed E-state index contributed by atoms with van der Waals surface area (Å²) in [5.74, 6) is 0.733. The zero-order valence-corrected chi connectivity index (χ0v) is 13.2. The van der Waals surface area contributed by atoms with Crippen LogP contribution in [0.4, 0.5) is 0 Å². The summed E-state index contributed by atoms with van der Waals surface area (Å²) in [6, 6.07) is 4.14. The maximum Gasteiger partial charge on any atom is 0.254 e. The normalized spacial score (nSPS) is 22.8. The number of aromatic amines is 1. The molecule has 116 valence electrons. The zero-order valence-electron chi connectivity index (χ0n) is 13.2. The fourth-order valence-corrected chi connectivity index (χ4v) is 2.85. The molecule has 22 heavy (non-hydrogen) atoms. The molecule has 3 rings (SSSR count). The fourth-order valence-electron chi connectivity index (χ4n) is 2.85. The molecule has 1 N–H and O–H groups in total. The van der Waals surface area contributed by atoms with Gasteiger partial charge in [0.2, 0.25) is 0 Å². The third-order valence-electron chi connectivity index (χ3n) is 4.31. The second-order valence-corrected chi connectivity index (χ2v) is 5.96. The highest BCUT2D eigenvalue weighted by Gasteiger charge is 2.30. The minimum absolute atomic E-state index is 0.0580. The van der Waals surface area contributed by atoms with Gasteiger partial charge < -0.3 is 9.88 Å². The summed E-state index contributed by atoms with van der Waals surface area (Å²) in [7, 11) is 2.10. The Morgan fingerprint density at radius 3 is 2.77 bits per heavy atom. The number of carbonyl (C=O) groups is 1. The molecular weight excluding hydrogens is 278 g/mol. The maximum atomic E-state index is 12.8. The van der Waals surface area contributed by atoms with Crippen LogP contribution in [-0.4, -0.2) is 62.9 Å². The van der Waals surface area contributed by atoms with Gasteiger partial charge in [-0.1, -0.05) is 0 Å². The second-order valence-electron chi connectivity index (χ2n) is 5.96. The van der Waals surface area contributed by atoms with Crippen molar-refractivity contribution in [1.82, 2.24) is 24.8 Å². The van der Waals surface area contributed by atoms with Gasteiger partial charge in [0.1, 0.15) is 5.69 Å². The molecule has 2 unspecified atom stereocenters. The highest BCUT2D eigenvalue weighted by atomic mass is 16.2. The maximum absolute atomic E-state index is 12.8. The van der Waals surface area contributed by atoms with E-state index < -0.39 is 0 Å². The van der Waals surface area contributed by atoms with E-state index in [1.165, 1.54) is 0 Å². The van der Waals surface area contributed by atoms with E-state index in [4.69, 9.17) is 0 Å². The number of nitrogens with zero attached hydrogens (tertiary/aromatic N) is 4. The van der Waals surface area contributed by atoms with Crippen LogP contribution in [0.3, 0.4) is 0 Å². The van der Waals surface area contributed by atoms with E-state index in [2.05, 4.69) is 40.7 Å². The van der Waals surface area contributed by atoms with Crippen LogP contribution in [0.25, 0.3) is 11.5 Å². The number of hydrogen-bond donors (Lipinski definition) is 1. The lowest BCUT2D eigenvalue weighted by Crippen LogP contribution is -2.56. The molecule has 3 heterocycles. The molecular formula is C16H21N5O. The zero-order chi connectivity index (χ0) is 15.7. The lowest BCUT2D eigenvalue weighted by atomic mass is 10.1. The summed E-state index contributed by atoms with van der Waals surface area (Å²) in [6.07, 6.45) is 5.08. The highest BCUT2D eigenvalue weighted by Crippen LogP contribution is 2.19. The summed E-state index contributed by atoms with van der Waals surface area (Å²) in [5, 5.41) is 0. The number of rotatable bonds is 2. The van der Waals surface area contributed by atoms with E-state index >= 15 is 0 Å². The first-order chi connectivity index (χ1) is 10.6. The number of likely N-dealkylation sites (N-methyl/N-ethyl adjacent to an activating group) is 1. The van der Waals surface area contributed by atoms with Gasteiger partial charge in [0.05, 0.1) is 0 Å². The van der Waals surface area contributed by atoms with Crippen LogP contribution in [-0.2, 0) is 0 Å². The minimum Gasteiger partial charge on any atom is -0.343 e. The first kappa shape index (κ1) is 14.7. The Morgan fingerprint density at radius 1 is 1.23 bits per heavy atom. The quantitative estimate of drug-likeness (QED) is 0.915. The summed E-state index contributed by atoms with van der Waals surface area (Å²) in [5.41, 5.74) is 1.34. The number of imidazole rings is 1. The van der Waals surface area contributed by atoms with Crippen molar-refractivity contribution in [1.29, 1.82) is 0 Å². The first-order valence-electron chi connectivity index (χ1n) is 7.53. The molecule has 1 fully saturated rings. The van der Waals surface area contributed by atoms with Gasteiger partial charge in [0.15, 0.2) is 5.82 Å². The molecule has 1 aliphatic rings. The topological polar surface area (TPSA) is 65.1 Å². The molecule has 2 aromatic heterocycles. The van der Waals surface area contributed by atoms with Gasteiger partial charge in [-0.3, -0.25) is 14.7 Å². The monoisotopic (exact) mass is 299 g/mol. The lowest BCUT2D eigenvalue weighted by molar-refractivity contribution is 0.0397. The number of nitrogens with one attached hydrogen (secondary N) is 1. The van der Waals surface area contributed by atoms with Crippen LogP contribution in [0.2, 0.25) is 0 Å². The van der Waals surface area contributed by atoms with Crippen molar-refractivity contribution in [2.24, 2.45) is 0 Å². The van der Waals surface area contributed by atoms with Crippen LogP contribution in [0, 0.1) is 0 Å². The number of piperazine rings is 1. The van der Waals surface area contributed by atoms with E-state index in [0.29, 0.717) is 23.1 Å². The molecule has 0 bridgehead atoms. The molecule has 0 saturated carbocycles. The van der Waals surface area contributed by atoms with Crippen molar-refractivity contribution >= 4 is 5.91 Å². The van der Waals surface area contributed by atoms with Gasteiger partial charge in [-0.2, -0.15) is 0 Å². The predicted molar refractivity (Wildman–Crippen MR) is 84.4 cm³/mol. The molecule has 0 radical (unpaired) electrons. The number of H-pyrrole nitrogens is 1. The average molecular weight is 299 g/mol. The van der Waals surface area contributed by atoms with Crippen molar-refractivity contribution in [2.45, 2.75) is 25.9 Å². The molecule has 1 aliphatic heterocycles. The lowest BCUT2D eigenvalue weighted by Gasteiger charge is -2.42. The Hall–Kier alpha value is -2.21. The largest absolute Gasteiger partial charge is 0.343 e. The Kier molecular flexibility index (Phi) is 3.94. The Morgan fingerprint density at radius 2 is 2.05 bits per heavy atom. The van der Waals surface area contributed by atoms with Crippen molar-refractivity contribution in [3.8, 4) is 11.5 Å². The van der Waals surface area contributed by atoms with E-state index in [-0.39, 0.29) is 11.9 Å². The molecule has 0 spiro atoms. The SMILES string of the molecule is CC1CN(C(=O)c2ccnc(-c3ncc[nH]3)c2)C(C)CN1C. The van der Waals surface area contributed by atoms with Crippen LogP contribution < -0.4 is 0 Å². The Labute approximate surface area is 130 Å². The molecule has 2 atom stereocenters. The number of pyridine rings is 1. The number of hydrogen-bond acceptors (Lipinski definition) is 4. The Balaban J connectivity index is 1.85. The Bertz CT molecular complexity index is 654. The molecule has 1 amide bonds. The predicted octanol–water partition coefficient (Wildman–Crippen LogP) is 1.64. The van der Waals surface area contributed by atoms with Crippen LogP contribution in [0.15, 0.2) is 30.7 Å². The smallest absolute Gasteiger partial charge is 0.254 e. The van der Waals surface area contributed by atoms with Crippen molar-refractivity contribution in [3.63, 3.8) is 0 Å². The molecule has 6 heteroatoms. The van der Waals surface area contributed by atoms with Crippen molar-refractivity contribution in [3.05, 3.63) is 36.3 Å². The van der Waals surface area contributed by atoms with Crippen molar-refractivity contribution < 1.29 is 4.79 Å². The van der Waals surface area contributed by atoms with E-state index in [1.54, 1.807) is 30.7 Å². The minimum atomic E-state index is 0.0580. The summed E-state index contributed by atoms with van der Waals surface area (Å²) in [4.78, 5) is 28.6. The second kappa shape index (κ2) is 5.88. The average Bonchev–Trinajstić information content (AvgIpc) is 3.05. The van der Waals surface area contributed by atoms with E-state index in [1.807, 2.05) is 4.90 Å². The van der Waals surface area contributed by atoms with Gasteiger partial charge in [0, 0.05) is 49.3 Å².